The highest BCUT2D eigenvalue weighted by atomic mass is 35.5. The minimum Gasteiger partial charge on any atom is -0.368 e. The van der Waals surface area contributed by atoms with Gasteiger partial charge in [-0.25, -0.2) is 15.0 Å². The highest BCUT2D eigenvalue weighted by molar-refractivity contribution is 6.33. The van der Waals surface area contributed by atoms with Crippen molar-refractivity contribution < 1.29 is 4.79 Å². The van der Waals surface area contributed by atoms with Crippen LogP contribution >= 0.6 is 11.6 Å². The van der Waals surface area contributed by atoms with E-state index in [0.29, 0.717) is 41.1 Å². The van der Waals surface area contributed by atoms with E-state index in [1.165, 1.54) is 6.33 Å². The smallest absolute Gasteiger partial charge is 0.252 e. The van der Waals surface area contributed by atoms with Crippen molar-refractivity contribution in [3.05, 3.63) is 71.1 Å². The number of aryl methyl sites for hydroxylation is 1. The van der Waals surface area contributed by atoms with Crippen LogP contribution in [0.2, 0.25) is 5.02 Å². The number of benzene rings is 1. The third-order valence-electron chi connectivity index (χ3n) is 3.67. The monoisotopic (exact) mass is 382 g/mol. The topological polar surface area (TPSA) is 91.8 Å². The third kappa shape index (κ3) is 5.39. The minimum atomic E-state index is -0.210. The average molecular weight is 383 g/mol. The van der Waals surface area contributed by atoms with E-state index in [1.807, 2.05) is 19.1 Å². The summed E-state index contributed by atoms with van der Waals surface area (Å²) >= 11 is 6.02. The van der Waals surface area contributed by atoms with Crippen LogP contribution in [0.1, 0.15) is 15.9 Å². The molecule has 3 rings (SSSR count). The molecule has 0 aliphatic carbocycles. The molecule has 2 heterocycles. The number of hydrogen-bond donors (Lipinski definition) is 3. The van der Waals surface area contributed by atoms with Crippen molar-refractivity contribution in [3.8, 4) is 0 Å². The molecule has 2 aromatic heterocycles. The Kier molecular flexibility index (Phi) is 6.17. The fraction of sp³-hybridized carbons (Fsp3) is 0.158. The summed E-state index contributed by atoms with van der Waals surface area (Å²) < 4.78 is 0. The second-order valence-corrected chi connectivity index (χ2v) is 6.20. The van der Waals surface area contributed by atoms with E-state index in [1.54, 1.807) is 36.5 Å². The lowest BCUT2D eigenvalue weighted by Gasteiger charge is -2.10. The predicted molar refractivity (Wildman–Crippen MR) is 107 cm³/mol. The third-order valence-corrected chi connectivity index (χ3v) is 4.00. The number of pyridine rings is 1. The standard InChI is InChI=1S/C19H19ClN6O/c1-13-6-7-21-17(10-13)26-18-11-16(24-12-25-18)22-8-9-23-19(27)14-4-2-3-5-15(14)20/h2-7,10-12H,8-9H2,1H3,(H,23,27)(H2,21,22,24,25,26). The van der Waals surface area contributed by atoms with E-state index in [2.05, 4.69) is 30.9 Å². The Labute approximate surface area is 162 Å². The Bertz CT molecular complexity index is 933. The van der Waals surface area contributed by atoms with Crippen molar-refractivity contribution in [2.75, 3.05) is 23.7 Å². The number of nitrogens with zero attached hydrogens (tertiary/aromatic N) is 3. The second kappa shape index (κ2) is 8.95. The van der Waals surface area contributed by atoms with Crippen molar-refractivity contribution in [2.45, 2.75) is 6.92 Å². The van der Waals surface area contributed by atoms with Gasteiger partial charge >= 0.3 is 0 Å². The van der Waals surface area contributed by atoms with Gasteiger partial charge in [-0.15, -0.1) is 0 Å². The zero-order valence-electron chi connectivity index (χ0n) is 14.7. The highest BCUT2D eigenvalue weighted by Crippen LogP contribution is 2.15. The molecule has 0 saturated carbocycles. The van der Waals surface area contributed by atoms with Crippen molar-refractivity contribution in [1.29, 1.82) is 0 Å². The molecule has 1 aromatic carbocycles. The van der Waals surface area contributed by atoms with Gasteiger partial charge in [-0.2, -0.15) is 0 Å². The molecule has 0 radical (unpaired) electrons. The van der Waals surface area contributed by atoms with Gasteiger partial charge in [0.15, 0.2) is 0 Å². The lowest BCUT2D eigenvalue weighted by molar-refractivity contribution is 0.0955. The fourth-order valence-electron chi connectivity index (χ4n) is 2.37. The molecule has 138 valence electrons. The van der Waals surface area contributed by atoms with Crippen molar-refractivity contribution >= 4 is 35.0 Å². The summed E-state index contributed by atoms with van der Waals surface area (Å²) in [4.78, 5) is 24.7. The summed E-state index contributed by atoms with van der Waals surface area (Å²) in [6.07, 6.45) is 3.20. The van der Waals surface area contributed by atoms with Crippen LogP contribution in [0, 0.1) is 6.92 Å². The minimum absolute atomic E-state index is 0.210. The van der Waals surface area contributed by atoms with Gasteiger partial charge in [-0.3, -0.25) is 4.79 Å². The van der Waals surface area contributed by atoms with E-state index in [0.717, 1.165) is 5.56 Å². The lowest BCUT2D eigenvalue weighted by Crippen LogP contribution is -2.29. The van der Waals surface area contributed by atoms with Gasteiger partial charge in [0, 0.05) is 25.4 Å². The first-order chi connectivity index (χ1) is 13.1. The van der Waals surface area contributed by atoms with E-state index >= 15 is 0 Å². The van der Waals surface area contributed by atoms with Gasteiger partial charge in [0.2, 0.25) is 0 Å². The first kappa shape index (κ1) is 18.6. The number of amides is 1. The van der Waals surface area contributed by atoms with E-state index in [-0.39, 0.29) is 5.91 Å². The zero-order chi connectivity index (χ0) is 19.1. The van der Waals surface area contributed by atoms with Crippen LogP contribution in [0.25, 0.3) is 0 Å². The van der Waals surface area contributed by atoms with Gasteiger partial charge in [-0.05, 0) is 36.8 Å². The van der Waals surface area contributed by atoms with Crippen LogP contribution in [-0.2, 0) is 0 Å². The molecule has 0 fully saturated rings. The number of rotatable bonds is 7. The predicted octanol–water partition coefficient (Wildman–Crippen LogP) is 3.42. The molecular weight excluding hydrogens is 364 g/mol. The lowest BCUT2D eigenvalue weighted by atomic mass is 10.2. The average Bonchev–Trinajstić information content (AvgIpc) is 2.66. The first-order valence-electron chi connectivity index (χ1n) is 8.40. The summed E-state index contributed by atoms with van der Waals surface area (Å²) in [5.41, 5.74) is 1.56. The summed E-state index contributed by atoms with van der Waals surface area (Å²) in [6, 6.07) is 12.6. The zero-order valence-corrected chi connectivity index (χ0v) is 15.5. The molecular formula is C19H19ClN6O. The molecule has 1 amide bonds. The van der Waals surface area contributed by atoms with Gasteiger partial charge in [0.1, 0.15) is 23.8 Å². The van der Waals surface area contributed by atoms with Gasteiger partial charge < -0.3 is 16.0 Å². The molecule has 0 aliphatic rings. The normalized spacial score (nSPS) is 10.3. The summed E-state index contributed by atoms with van der Waals surface area (Å²) in [5, 5.41) is 9.52. The van der Waals surface area contributed by atoms with Gasteiger partial charge in [-0.1, -0.05) is 23.7 Å². The molecule has 8 heteroatoms. The maximum absolute atomic E-state index is 12.1. The van der Waals surface area contributed by atoms with Crippen molar-refractivity contribution in [2.24, 2.45) is 0 Å². The van der Waals surface area contributed by atoms with E-state index in [4.69, 9.17) is 11.6 Å². The number of aromatic nitrogens is 3. The van der Waals surface area contributed by atoms with Gasteiger partial charge in [0.05, 0.1) is 10.6 Å². The number of nitrogens with one attached hydrogen (secondary N) is 3. The SMILES string of the molecule is Cc1ccnc(Nc2cc(NCCNC(=O)c3ccccc3Cl)ncn2)c1. The molecule has 0 unspecified atom stereocenters. The van der Waals surface area contributed by atoms with Crippen LogP contribution < -0.4 is 16.0 Å². The molecule has 0 spiro atoms. The summed E-state index contributed by atoms with van der Waals surface area (Å²) in [6.45, 7) is 2.93. The molecule has 0 aliphatic heterocycles. The molecule has 3 aromatic rings. The maximum atomic E-state index is 12.1. The Balaban J connectivity index is 1.50. The summed E-state index contributed by atoms with van der Waals surface area (Å²) in [5.74, 6) is 1.78. The Morgan fingerprint density at radius 1 is 1.00 bits per heavy atom. The van der Waals surface area contributed by atoms with Crippen LogP contribution in [0.4, 0.5) is 17.5 Å². The second-order valence-electron chi connectivity index (χ2n) is 5.79. The highest BCUT2D eigenvalue weighted by Gasteiger charge is 2.08. The molecule has 27 heavy (non-hydrogen) atoms. The molecule has 7 nitrogen and oxygen atoms in total. The van der Waals surface area contributed by atoms with Crippen LogP contribution in [0.3, 0.4) is 0 Å². The first-order valence-corrected chi connectivity index (χ1v) is 8.78. The Hall–Kier alpha value is -3.19. The molecule has 0 atom stereocenters. The Morgan fingerprint density at radius 3 is 2.59 bits per heavy atom. The fourth-order valence-corrected chi connectivity index (χ4v) is 2.59. The van der Waals surface area contributed by atoms with Crippen LogP contribution in [0.15, 0.2) is 55.0 Å². The molecule has 0 saturated heterocycles. The van der Waals surface area contributed by atoms with Crippen LogP contribution in [-0.4, -0.2) is 33.9 Å². The van der Waals surface area contributed by atoms with Crippen molar-refractivity contribution in [1.82, 2.24) is 20.3 Å². The number of halogens is 1. The number of carbonyl (C=O) groups is 1. The van der Waals surface area contributed by atoms with E-state index < -0.39 is 0 Å². The number of anilines is 3. The number of carbonyl (C=O) groups excluding carboxylic acids is 1. The van der Waals surface area contributed by atoms with Crippen LogP contribution in [0.5, 0.6) is 0 Å². The van der Waals surface area contributed by atoms with E-state index in [9.17, 15) is 4.79 Å². The Morgan fingerprint density at radius 2 is 1.78 bits per heavy atom. The van der Waals surface area contributed by atoms with Crippen molar-refractivity contribution in [3.63, 3.8) is 0 Å². The largest absolute Gasteiger partial charge is 0.368 e. The number of hydrogen-bond acceptors (Lipinski definition) is 6. The van der Waals surface area contributed by atoms with Gasteiger partial charge in [0.25, 0.3) is 5.91 Å². The summed E-state index contributed by atoms with van der Waals surface area (Å²) in [7, 11) is 0. The maximum Gasteiger partial charge on any atom is 0.252 e. The molecule has 0 bridgehead atoms. The quantitative estimate of drug-likeness (QED) is 0.542. The molecule has 3 N–H and O–H groups in total.